The Labute approximate surface area is 184 Å². The summed E-state index contributed by atoms with van der Waals surface area (Å²) in [4.78, 5) is 0. The third-order valence-corrected chi connectivity index (χ3v) is 6.49. The molecular formula is C28H54O. The molecule has 0 aliphatic heterocycles. The summed E-state index contributed by atoms with van der Waals surface area (Å²) in [7, 11) is 0. The highest BCUT2D eigenvalue weighted by Gasteiger charge is 2.10. The zero-order valence-electron chi connectivity index (χ0n) is 21.0. The van der Waals surface area contributed by atoms with Gasteiger partial charge in [0.05, 0.1) is 0 Å². The molecule has 0 aromatic carbocycles. The van der Waals surface area contributed by atoms with Crippen LogP contribution >= 0.6 is 0 Å². The third kappa shape index (κ3) is 15.9. The highest BCUT2D eigenvalue weighted by atomic mass is 16.5. The molecule has 2 unspecified atom stereocenters. The van der Waals surface area contributed by atoms with Crippen LogP contribution in [-0.4, -0.2) is 13.2 Å². The fraction of sp³-hybridized carbons (Fsp3) is 0.857. The molecule has 0 aromatic rings. The predicted octanol–water partition coefficient (Wildman–Crippen LogP) is 9.67. The van der Waals surface area contributed by atoms with Crippen LogP contribution < -0.4 is 0 Å². The highest BCUT2D eigenvalue weighted by Crippen LogP contribution is 2.19. The first kappa shape index (κ1) is 28.4. The summed E-state index contributed by atoms with van der Waals surface area (Å²) in [5, 5.41) is 0. The molecule has 0 saturated heterocycles. The van der Waals surface area contributed by atoms with Gasteiger partial charge in [0.25, 0.3) is 0 Å². The molecule has 0 rings (SSSR count). The second kappa shape index (κ2) is 20.7. The van der Waals surface area contributed by atoms with Gasteiger partial charge < -0.3 is 4.74 Å². The number of allylic oxidation sites excluding steroid dienone is 4. The Kier molecular flexibility index (Phi) is 20.3. The molecule has 0 spiro atoms. The average molecular weight is 407 g/mol. The van der Waals surface area contributed by atoms with E-state index in [-0.39, 0.29) is 0 Å². The van der Waals surface area contributed by atoms with Crippen molar-refractivity contribution in [3.05, 3.63) is 23.3 Å². The van der Waals surface area contributed by atoms with E-state index in [1.807, 2.05) is 0 Å². The zero-order valence-corrected chi connectivity index (χ0v) is 21.0. The van der Waals surface area contributed by atoms with E-state index in [4.69, 9.17) is 4.74 Å². The van der Waals surface area contributed by atoms with Gasteiger partial charge in [-0.1, -0.05) is 90.5 Å². The molecule has 0 radical (unpaired) electrons. The summed E-state index contributed by atoms with van der Waals surface area (Å²) < 4.78 is 6.20. The minimum atomic E-state index is 0.716. The Morgan fingerprint density at radius 3 is 1.38 bits per heavy atom. The molecule has 0 bridgehead atoms. The molecule has 0 heterocycles. The largest absolute Gasteiger partial charge is 0.381 e. The van der Waals surface area contributed by atoms with Gasteiger partial charge in [-0.2, -0.15) is 0 Å². The Bertz CT molecular complexity index is 369. The lowest BCUT2D eigenvalue weighted by Gasteiger charge is -2.18. The van der Waals surface area contributed by atoms with E-state index in [9.17, 15) is 0 Å². The number of rotatable bonds is 20. The lowest BCUT2D eigenvalue weighted by Crippen LogP contribution is -2.14. The number of hydrogen-bond acceptors (Lipinski definition) is 1. The molecule has 0 aliphatic rings. The van der Waals surface area contributed by atoms with Crippen LogP contribution in [-0.2, 0) is 4.74 Å². The van der Waals surface area contributed by atoms with Crippen LogP contribution in [0.4, 0.5) is 0 Å². The molecule has 172 valence electrons. The maximum atomic E-state index is 6.20. The topological polar surface area (TPSA) is 9.23 Å². The van der Waals surface area contributed by atoms with Crippen LogP contribution in [0.3, 0.4) is 0 Å². The van der Waals surface area contributed by atoms with Gasteiger partial charge in [0.2, 0.25) is 0 Å². The van der Waals surface area contributed by atoms with Crippen LogP contribution in [0, 0.1) is 11.8 Å². The summed E-state index contributed by atoms with van der Waals surface area (Å²) >= 11 is 0. The minimum Gasteiger partial charge on any atom is -0.381 e. The monoisotopic (exact) mass is 406 g/mol. The first-order valence-corrected chi connectivity index (χ1v) is 13.1. The Hall–Kier alpha value is -0.560. The van der Waals surface area contributed by atoms with Crippen molar-refractivity contribution in [2.75, 3.05) is 13.2 Å². The van der Waals surface area contributed by atoms with Crippen LogP contribution in [0.15, 0.2) is 23.3 Å². The highest BCUT2D eigenvalue weighted by molar-refractivity contribution is 5.01. The lowest BCUT2D eigenvalue weighted by atomic mass is 9.97. The fourth-order valence-corrected chi connectivity index (χ4v) is 3.91. The van der Waals surface area contributed by atoms with Gasteiger partial charge in [0.1, 0.15) is 0 Å². The average Bonchev–Trinajstić information content (AvgIpc) is 2.75. The van der Waals surface area contributed by atoms with Gasteiger partial charge in [-0.25, -0.2) is 0 Å². The van der Waals surface area contributed by atoms with E-state index in [0.717, 1.165) is 13.2 Å². The van der Waals surface area contributed by atoms with Gasteiger partial charge in [0.15, 0.2) is 0 Å². The van der Waals surface area contributed by atoms with Gasteiger partial charge in [-0.15, -0.1) is 0 Å². The van der Waals surface area contributed by atoms with E-state index in [1.54, 1.807) is 11.1 Å². The molecule has 29 heavy (non-hydrogen) atoms. The van der Waals surface area contributed by atoms with E-state index in [0.29, 0.717) is 11.8 Å². The Morgan fingerprint density at radius 1 is 0.655 bits per heavy atom. The Morgan fingerprint density at radius 2 is 1.07 bits per heavy atom. The first-order valence-electron chi connectivity index (χ1n) is 13.1. The summed E-state index contributed by atoms with van der Waals surface area (Å²) in [5.41, 5.74) is 3.32. The fourth-order valence-electron chi connectivity index (χ4n) is 3.91. The number of hydrogen-bond donors (Lipinski definition) is 0. The van der Waals surface area contributed by atoms with E-state index >= 15 is 0 Å². The van der Waals surface area contributed by atoms with Crippen molar-refractivity contribution in [2.24, 2.45) is 11.8 Å². The molecular weight excluding hydrogens is 352 g/mol. The van der Waals surface area contributed by atoms with Crippen molar-refractivity contribution in [2.45, 2.75) is 131 Å². The summed E-state index contributed by atoms with van der Waals surface area (Å²) in [5.74, 6) is 1.43. The zero-order chi connectivity index (χ0) is 21.7. The van der Waals surface area contributed by atoms with Crippen LogP contribution in [0.25, 0.3) is 0 Å². The normalized spacial score (nSPS) is 15.0. The van der Waals surface area contributed by atoms with Gasteiger partial charge in [-0.3, -0.25) is 0 Å². The Balaban J connectivity index is 4.18. The SMILES string of the molecule is CCCCC(=CCCC(CC)COCC(CC)CCC=C(CC)CCCC)CC. The van der Waals surface area contributed by atoms with Crippen molar-refractivity contribution in [1.82, 2.24) is 0 Å². The maximum absolute atomic E-state index is 6.20. The van der Waals surface area contributed by atoms with Gasteiger partial charge in [-0.05, 0) is 76.0 Å². The molecule has 0 aliphatic carbocycles. The standard InChI is InChI=1S/C28H54O/c1-7-13-17-25(9-3)19-15-21-27(11-5)23-29-24-28(12-6)22-16-20-26(10-4)18-14-8-2/h19-20,27-28H,7-18,21-24H2,1-6H3. The van der Waals surface area contributed by atoms with Crippen LogP contribution in [0.2, 0.25) is 0 Å². The second-order valence-corrected chi connectivity index (χ2v) is 8.88. The first-order chi connectivity index (χ1) is 14.1. The van der Waals surface area contributed by atoms with Crippen molar-refractivity contribution < 1.29 is 4.74 Å². The molecule has 1 heteroatoms. The van der Waals surface area contributed by atoms with Crippen molar-refractivity contribution in [3.63, 3.8) is 0 Å². The van der Waals surface area contributed by atoms with Crippen LogP contribution in [0.1, 0.15) is 131 Å². The molecule has 0 N–H and O–H groups in total. The molecule has 0 fully saturated rings. The number of unbranched alkanes of at least 4 members (excludes halogenated alkanes) is 2. The summed E-state index contributed by atoms with van der Waals surface area (Å²) in [6.45, 7) is 15.7. The maximum Gasteiger partial charge on any atom is 0.0494 e. The third-order valence-electron chi connectivity index (χ3n) is 6.49. The van der Waals surface area contributed by atoms with E-state index in [2.05, 4.69) is 53.7 Å². The molecule has 2 atom stereocenters. The van der Waals surface area contributed by atoms with Gasteiger partial charge >= 0.3 is 0 Å². The molecule has 0 aromatic heterocycles. The minimum absolute atomic E-state index is 0.716. The summed E-state index contributed by atoms with van der Waals surface area (Å²) in [6.07, 6.45) is 22.8. The predicted molar refractivity (Wildman–Crippen MR) is 133 cm³/mol. The van der Waals surface area contributed by atoms with Crippen molar-refractivity contribution in [3.8, 4) is 0 Å². The smallest absolute Gasteiger partial charge is 0.0494 e. The quantitative estimate of drug-likeness (QED) is 0.183. The second-order valence-electron chi connectivity index (χ2n) is 8.88. The summed E-state index contributed by atoms with van der Waals surface area (Å²) in [6, 6.07) is 0. The van der Waals surface area contributed by atoms with Crippen molar-refractivity contribution in [1.29, 1.82) is 0 Å². The van der Waals surface area contributed by atoms with E-state index in [1.165, 1.54) is 89.9 Å². The van der Waals surface area contributed by atoms with Crippen molar-refractivity contribution >= 4 is 0 Å². The lowest BCUT2D eigenvalue weighted by molar-refractivity contribution is 0.0646. The van der Waals surface area contributed by atoms with Crippen LogP contribution in [0.5, 0.6) is 0 Å². The van der Waals surface area contributed by atoms with E-state index < -0.39 is 0 Å². The molecule has 1 nitrogen and oxygen atoms in total. The van der Waals surface area contributed by atoms with Gasteiger partial charge in [0, 0.05) is 13.2 Å². The molecule has 0 amide bonds. The number of ether oxygens (including phenoxy) is 1. The molecule has 0 saturated carbocycles.